The van der Waals surface area contributed by atoms with Crippen LogP contribution in [0.1, 0.15) is 23.8 Å². The molecular formula is C26H29N5O2S2. The predicted molar refractivity (Wildman–Crippen MR) is 144 cm³/mol. The number of pyridine rings is 1. The Morgan fingerprint density at radius 1 is 1.17 bits per heavy atom. The second-order valence-corrected chi connectivity index (χ2v) is 10.8. The third-order valence-corrected chi connectivity index (χ3v) is 8.29. The number of ether oxygens (including phenoxy) is 1. The molecule has 0 spiro atoms. The molecule has 3 aromatic heterocycles. The summed E-state index contributed by atoms with van der Waals surface area (Å²) >= 11 is 3.36. The molecule has 1 atom stereocenters. The lowest BCUT2D eigenvalue weighted by Crippen LogP contribution is -2.32. The number of hydrogen-bond donors (Lipinski definition) is 3. The summed E-state index contributed by atoms with van der Waals surface area (Å²) in [6, 6.07) is 10.8. The number of fused-ring (bicyclic) bond motifs is 2. The average molecular weight is 508 g/mol. The molecule has 3 N–H and O–H groups in total. The third-order valence-electron chi connectivity index (χ3n) is 6.09. The van der Waals surface area contributed by atoms with Crippen molar-refractivity contribution in [2.75, 3.05) is 32.1 Å². The van der Waals surface area contributed by atoms with Crippen LogP contribution in [0.15, 0.2) is 42.7 Å². The van der Waals surface area contributed by atoms with Gasteiger partial charge in [0.1, 0.15) is 10.0 Å². The van der Waals surface area contributed by atoms with Crippen LogP contribution in [0, 0.1) is 0 Å². The topological polar surface area (TPSA) is 88.2 Å². The van der Waals surface area contributed by atoms with Crippen molar-refractivity contribution in [2.24, 2.45) is 0 Å². The standard InChI is InChI=1S/C26H29N5O2S2/c1-16-13-19-22(15-29-16)35-26(31-23(32)7-10-28-11-12-33-2)24(19)25-30-20-14-18(3-4-21(20)34-25)17-5-8-27-9-6-17/h3-6,8-9,14,16,28-29H,7,10-13,15H2,1-2H3,(H,31,32). The van der Waals surface area contributed by atoms with E-state index in [-0.39, 0.29) is 5.91 Å². The zero-order valence-electron chi connectivity index (χ0n) is 19.9. The van der Waals surface area contributed by atoms with Gasteiger partial charge in [-0.1, -0.05) is 6.07 Å². The Balaban J connectivity index is 1.45. The van der Waals surface area contributed by atoms with Gasteiger partial charge >= 0.3 is 0 Å². The highest BCUT2D eigenvalue weighted by molar-refractivity contribution is 7.23. The van der Waals surface area contributed by atoms with Gasteiger partial charge in [-0.15, -0.1) is 22.7 Å². The normalized spacial score (nSPS) is 15.3. The highest BCUT2D eigenvalue weighted by Crippen LogP contribution is 2.45. The summed E-state index contributed by atoms with van der Waals surface area (Å²) in [5.41, 5.74) is 5.61. The van der Waals surface area contributed by atoms with Gasteiger partial charge in [0.2, 0.25) is 5.91 Å². The number of carbonyl (C=O) groups is 1. The molecule has 35 heavy (non-hydrogen) atoms. The predicted octanol–water partition coefficient (Wildman–Crippen LogP) is 4.69. The fraction of sp³-hybridized carbons (Fsp3) is 0.346. The minimum atomic E-state index is 0.0110. The zero-order chi connectivity index (χ0) is 24.2. The molecule has 1 aliphatic heterocycles. The van der Waals surface area contributed by atoms with E-state index in [0.717, 1.165) is 56.4 Å². The van der Waals surface area contributed by atoms with Gasteiger partial charge in [0.25, 0.3) is 0 Å². The summed E-state index contributed by atoms with van der Waals surface area (Å²) in [4.78, 5) is 23.2. The molecule has 0 saturated heterocycles. The van der Waals surface area contributed by atoms with Crippen LogP contribution in [-0.2, 0) is 22.5 Å². The second kappa shape index (κ2) is 10.9. The number of carbonyl (C=O) groups excluding carboxylic acids is 1. The lowest BCUT2D eigenvalue weighted by atomic mass is 9.99. The molecule has 1 aromatic carbocycles. The minimum absolute atomic E-state index is 0.0110. The number of benzene rings is 1. The van der Waals surface area contributed by atoms with Crippen molar-refractivity contribution >= 4 is 43.8 Å². The highest BCUT2D eigenvalue weighted by atomic mass is 32.1. The lowest BCUT2D eigenvalue weighted by Gasteiger charge is -2.20. The van der Waals surface area contributed by atoms with Crippen molar-refractivity contribution in [1.82, 2.24) is 20.6 Å². The molecule has 1 unspecified atom stereocenters. The van der Waals surface area contributed by atoms with E-state index in [1.807, 2.05) is 12.1 Å². The molecule has 182 valence electrons. The Morgan fingerprint density at radius 2 is 2.03 bits per heavy atom. The Hall–Kier alpha value is -2.69. The minimum Gasteiger partial charge on any atom is -0.383 e. The van der Waals surface area contributed by atoms with E-state index in [0.29, 0.717) is 25.6 Å². The second-order valence-electron chi connectivity index (χ2n) is 8.67. The van der Waals surface area contributed by atoms with Crippen LogP contribution in [0.3, 0.4) is 0 Å². The molecule has 0 bridgehead atoms. The Bertz CT molecular complexity index is 1320. The summed E-state index contributed by atoms with van der Waals surface area (Å²) in [6.07, 6.45) is 4.95. The summed E-state index contributed by atoms with van der Waals surface area (Å²) in [5.74, 6) is 0.0110. The first kappa shape index (κ1) is 24.0. The number of rotatable bonds is 9. The van der Waals surface area contributed by atoms with Crippen molar-refractivity contribution in [3.05, 3.63) is 53.2 Å². The van der Waals surface area contributed by atoms with Crippen molar-refractivity contribution in [2.45, 2.75) is 32.4 Å². The van der Waals surface area contributed by atoms with Gasteiger partial charge < -0.3 is 20.7 Å². The summed E-state index contributed by atoms with van der Waals surface area (Å²) < 4.78 is 6.18. The van der Waals surface area contributed by atoms with Crippen molar-refractivity contribution in [3.8, 4) is 21.7 Å². The molecular weight excluding hydrogens is 478 g/mol. The van der Waals surface area contributed by atoms with Crippen LogP contribution < -0.4 is 16.0 Å². The molecule has 4 aromatic rings. The number of nitrogens with one attached hydrogen (secondary N) is 3. The van der Waals surface area contributed by atoms with Crippen LogP contribution in [0.2, 0.25) is 0 Å². The Kier molecular flexibility index (Phi) is 7.50. The Labute approximate surface area is 213 Å². The van der Waals surface area contributed by atoms with Crippen LogP contribution in [-0.4, -0.2) is 48.7 Å². The zero-order valence-corrected chi connectivity index (χ0v) is 21.5. The molecule has 0 aliphatic carbocycles. The van der Waals surface area contributed by atoms with Crippen molar-refractivity contribution in [1.29, 1.82) is 0 Å². The molecule has 7 nitrogen and oxygen atoms in total. The smallest absolute Gasteiger partial charge is 0.226 e. The average Bonchev–Trinajstić information content (AvgIpc) is 3.44. The first-order valence-corrected chi connectivity index (χ1v) is 13.4. The fourth-order valence-corrected chi connectivity index (χ4v) is 6.57. The van der Waals surface area contributed by atoms with E-state index in [1.54, 1.807) is 42.2 Å². The van der Waals surface area contributed by atoms with E-state index in [1.165, 1.54) is 10.4 Å². The number of anilines is 1. The molecule has 9 heteroatoms. The van der Waals surface area contributed by atoms with Crippen LogP contribution in [0.5, 0.6) is 0 Å². The number of thiophene rings is 1. The van der Waals surface area contributed by atoms with Gasteiger partial charge in [-0.3, -0.25) is 9.78 Å². The van der Waals surface area contributed by atoms with Gasteiger partial charge in [0, 0.05) is 62.0 Å². The number of nitrogens with zero attached hydrogens (tertiary/aromatic N) is 2. The van der Waals surface area contributed by atoms with Crippen molar-refractivity contribution < 1.29 is 9.53 Å². The maximum absolute atomic E-state index is 12.8. The first-order chi connectivity index (χ1) is 17.1. The van der Waals surface area contributed by atoms with E-state index in [4.69, 9.17) is 9.72 Å². The van der Waals surface area contributed by atoms with Crippen LogP contribution >= 0.6 is 22.7 Å². The first-order valence-electron chi connectivity index (χ1n) is 11.8. The number of thiazole rings is 1. The van der Waals surface area contributed by atoms with E-state index in [9.17, 15) is 4.79 Å². The summed E-state index contributed by atoms with van der Waals surface area (Å²) in [6.45, 7) is 5.01. The number of methoxy groups -OCH3 is 1. The largest absolute Gasteiger partial charge is 0.383 e. The summed E-state index contributed by atoms with van der Waals surface area (Å²) in [5, 5.41) is 11.8. The summed E-state index contributed by atoms with van der Waals surface area (Å²) in [7, 11) is 1.67. The van der Waals surface area contributed by atoms with Gasteiger partial charge in [0.15, 0.2) is 0 Å². The monoisotopic (exact) mass is 507 g/mol. The van der Waals surface area contributed by atoms with Gasteiger partial charge in [-0.25, -0.2) is 4.98 Å². The molecule has 1 aliphatic rings. The van der Waals surface area contributed by atoms with Gasteiger partial charge in [-0.05, 0) is 54.3 Å². The molecule has 5 rings (SSSR count). The molecule has 0 saturated carbocycles. The van der Waals surface area contributed by atoms with E-state index in [2.05, 4.69) is 46.1 Å². The molecule has 1 amide bonds. The van der Waals surface area contributed by atoms with Crippen LogP contribution in [0.25, 0.3) is 31.9 Å². The highest BCUT2D eigenvalue weighted by Gasteiger charge is 2.27. The lowest BCUT2D eigenvalue weighted by molar-refractivity contribution is -0.116. The maximum Gasteiger partial charge on any atom is 0.226 e. The molecule has 4 heterocycles. The third kappa shape index (κ3) is 5.44. The van der Waals surface area contributed by atoms with Crippen LogP contribution in [0.4, 0.5) is 5.00 Å². The fourth-order valence-electron chi connectivity index (χ4n) is 4.28. The molecule has 0 radical (unpaired) electrons. The van der Waals surface area contributed by atoms with E-state index < -0.39 is 0 Å². The van der Waals surface area contributed by atoms with Gasteiger partial charge in [0.05, 0.1) is 16.8 Å². The number of amides is 1. The SMILES string of the molecule is COCCNCCC(=O)Nc1sc2c(c1-c1nc3cc(-c4ccncc4)ccc3s1)CC(C)NC2. The number of hydrogen-bond acceptors (Lipinski definition) is 8. The quantitative estimate of drug-likeness (QED) is 0.285. The maximum atomic E-state index is 12.8. The van der Waals surface area contributed by atoms with E-state index >= 15 is 0 Å². The van der Waals surface area contributed by atoms with Crippen molar-refractivity contribution in [3.63, 3.8) is 0 Å². The number of aromatic nitrogens is 2. The Morgan fingerprint density at radius 3 is 2.86 bits per heavy atom. The molecule has 0 fully saturated rings. The van der Waals surface area contributed by atoms with Gasteiger partial charge in [-0.2, -0.15) is 0 Å².